The molecule has 0 atom stereocenters. The fourth-order valence-corrected chi connectivity index (χ4v) is 3.09. The normalized spacial score (nSPS) is 10.4. The molecule has 0 aliphatic heterocycles. The quantitative estimate of drug-likeness (QED) is 0.701. The van der Waals surface area contributed by atoms with Gasteiger partial charge in [0.15, 0.2) is 5.76 Å². The SMILES string of the molecule is Cc1ccc(NC(=O)c2ccc(NC(=O)c3ccco3)s2)c(Cl)c1. The summed E-state index contributed by atoms with van der Waals surface area (Å²) in [6, 6.07) is 11.9. The number of amides is 2. The fourth-order valence-electron chi connectivity index (χ4n) is 2.01. The Hall–Kier alpha value is -2.57. The molecule has 3 rings (SSSR count). The molecule has 0 saturated heterocycles. The minimum Gasteiger partial charge on any atom is -0.459 e. The van der Waals surface area contributed by atoms with Crippen LogP contribution in [0.1, 0.15) is 25.8 Å². The Morgan fingerprint density at radius 2 is 1.92 bits per heavy atom. The van der Waals surface area contributed by atoms with Gasteiger partial charge in [-0.1, -0.05) is 17.7 Å². The first-order chi connectivity index (χ1) is 11.5. The largest absolute Gasteiger partial charge is 0.459 e. The summed E-state index contributed by atoms with van der Waals surface area (Å²) >= 11 is 7.28. The molecule has 0 saturated carbocycles. The van der Waals surface area contributed by atoms with Gasteiger partial charge in [0.1, 0.15) is 0 Å². The molecule has 5 nitrogen and oxygen atoms in total. The van der Waals surface area contributed by atoms with Crippen molar-refractivity contribution in [2.75, 3.05) is 10.6 Å². The molecule has 0 aliphatic rings. The third-order valence-electron chi connectivity index (χ3n) is 3.18. The van der Waals surface area contributed by atoms with Crippen molar-refractivity contribution in [2.24, 2.45) is 0 Å². The Morgan fingerprint density at radius 3 is 2.62 bits per heavy atom. The second-order valence-electron chi connectivity index (χ2n) is 5.03. The summed E-state index contributed by atoms with van der Waals surface area (Å²) in [5.41, 5.74) is 1.55. The number of nitrogens with one attached hydrogen (secondary N) is 2. The van der Waals surface area contributed by atoms with Crippen LogP contribution in [-0.2, 0) is 0 Å². The van der Waals surface area contributed by atoms with Crippen LogP contribution in [0.25, 0.3) is 0 Å². The number of carbonyl (C=O) groups is 2. The molecule has 2 N–H and O–H groups in total. The molecule has 0 radical (unpaired) electrons. The standard InChI is InChI=1S/C17H13ClN2O3S/c1-10-4-5-12(11(18)9-10)19-17(22)14-6-7-15(24-14)20-16(21)13-3-2-8-23-13/h2-9H,1H3,(H,19,22)(H,20,21). The smallest absolute Gasteiger partial charge is 0.291 e. The van der Waals surface area contributed by atoms with Gasteiger partial charge in [-0.3, -0.25) is 9.59 Å². The van der Waals surface area contributed by atoms with E-state index in [1.54, 1.807) is 36.4 Å². The van der Waals surface area contributed by atoms with E-state index in [9.17, 15) is 9.59 Å². The maximum Gasteiger partial charge on any atom is 0.291 e. The topological polar surface area (TPSA) is 71.3 Å². The Bertz CT molecular complexity index is 887. The van der Waals surface area contributed by atoms with E-state index in [4.69, 9.17) is 16.0 Å². The Balaban J connectivity index is 1.68. The van der Waals surface area contributed by atoms with Crippen LogP contribution in [0.5, 0.6) is 0 Å². The summed E-state index contributed by atoms with van der Waals surface area (Å²) in [6.45, 7) is 1.92. The number of anilines is 2. The summed E-state index contributed by atoms with van der Waals surface area (Å²) in [4.78, 5) is 24.7. The van der Waals surface area contributed by atoms with E-state index < -0.39 is 0 Å². The van der Waals surface area contributed by atoms with Crippen LogP contribution in [0.15, 0.2) is 53.1 Å². The van der Waals surface area contributed by atoms with Gasteiger partial charge in [-0.15, -0.1) is 11.3 Å². The van der Waals surface area contributed by atoms with E-state index >= 15 is 0 Å². The number of carbonyl (C=O) groups excluding carboxylic acids is 2. The maximum absolute atomic E-state index is 12.3. The van der Waals surface area contributed by atoms with E-state index in [-0.39, 0.29) is 17.6 Å². The van der Waals surface area contributed by atoms with Crippen LogP contribution in [0.3, 0.4) is 0 Å². The highest BCUT2D eigenvalue weighted by Crippen LogP contribution is 2.26. The molecule has 2 amide bonds. The van der Waals surface area contributed by atoms with E-state index in [1.807, 2.05) is 13.0 Å². The first-order valence-corrected chi connectivity index (χ1v) is 8.24. The molecule has 2 aromatic heterocycles. The third-order valence-corrected chi connectivity index (χ3v) is 4.50. The first kappa shape index (κ1) is 16.3. The summed E-state index contributed by atoms with van der Waals surface area (Å²) in [5, 5.41) is 6.47. The predicted molar refractivity (Wildman–Crippen MR) is 95.1 cm³/mol. The van der Waals surface area contributed by atoms with Gasteiger partial charge in [-0.25, -0.2) is 0 Å². The lowest BCUT2D eigenvalue weighted by molar-refractivity contribution is 0.0995. The van der Waals surface area contributed by atoms with E-state index in [1.165, 1.54) is 17.6 Å². The van der Waals surface area contributed by atoms with Crippen molar-refractivity contribution in [1.82, 2.24) is 0 Å². The molecule has 3 aromatic rings. The van der Waals surface area contributed by atoms with Crippen molar-refractivity contribution < 1.29 is 14.0 Å². The molecular weight excluding hydrogens is 348 g/mol. The summed E-state index contributed by atoms with van der Waals surface area (Å²) in [5.74, 6) is -0.444. The van der Waals surface area contributed by atoms with Crippen molar-refractivity contribution >= 4 is 45.4 Å². The highest BCUT2D eigenvalue weighted by Gasteiger charge is 2.14. The van der Waals surface area contributed by atoms with Crippen molar-refractivity contribution in [3.05, 3.63) is 70.0 Å². The lowest BCUT2D eigenvalue weighted by Gasteiger charge is -2.06. The highest BCUT2D eigenvalue weighted by molar-refractivity contribution is 7.18. The van der Waals surface area contributed by atoms with Crippen LogP contribution in [-0.4, -0.2) is 11.8 Å². The minimum atomic E-state index is -0.365. The Morgan fingerprint density at radius 1 is 1.08 bits per heavy atom. The number of rotatable bonds is 4. The number of thiophene rings is 1. The fraction of sp³-hybridized carbons (Fsp3) is 0.0588. The lowest BCUT2D eigenvalue weighted by atomic mass is 10.2. The first-order valence-electron chi connectivity index (χ1n) is 7.05. The number of benzene rings is 1. The van der Waals surface area contributed by atoms with Gasteiger partial charge >= 0.3 is 0 Å². The maximum atomic E-state index is 12.3. The van der Waals surface area contributed by atoms with E-state index in [0.29, 0.717) is 20.6 Å². The molecule has 0 unspecified atom stereocenters. The molecule has 7 heteroatoms. The van der Waals surface area contributed by atoms with Crippen LogP contribution in [0.4, 0.5) is 10.7 Å². The molecule has 122 valence electrons. The molecule has 1 aromatic carbocycles. The average Bonchev–Trinajstić information content (AvgIpc) is 3.21. The number of aryl methyl sites for hydroxylation is 1. The van der Waals surface area contributed by atoms with Gasteiger partial charge in [0.25, 0.3) is 11.8 Å². The van der Waals surface area contributed by atoms with E-state index in [0.717, 1.165) is 5.56 Å². The summed E-state index contributed by atoms with van der Waals surface area (Å²) in [6.07, 6.45) is 1.42. The van der Waals surface area contributed by atoms with Gasteiger partial charge in [-0.2, -0.15) is 0 Å². The highest BCUT2D eigenvalue weighted by atomic mass is 35.5. The van der Waals surface area contributed by atoms with Gasteiger partial charge in [0.2, 0.25) is 0 Å². The molecule has 0 spiro atoms. The van der Waals surface area contributed by atoms with Crippen LogP contribution in [0.2, 0.25) is 5.02 Å². The van der Waals surface area contributed by atoms with Gasteiger partial charge in [0, 0.05) is 0 Å². The molecule has 0 aliphatic carbocycles. The zero-order chi connectivity index (χ0) is 17.1. The zero-order valence-corrected chi connectivity index (χ0v) is 14.2. The molecule has 0 bridgehead atoms. The summed E-state index contributed by atoms with van der Waals surface area (Å²) < 4.78 is 5.02. The molecule has 2 heterocycles. The zero-order valence-electron chi connectivity index (χ0n) is 12.6. The lowest BCUT2D eigenvalue weighted by Crippen LogP contribution is -2.11. The Labute approximate surface area is 147 Å². The van der Waals surface area contributed by atoms with Gasteiger partial charge in [0.05, 0.1) is 26.9 Å². The molecule has 0 fully saturated rings. The van der Waals surface area contributed by atoms with Crippen LogP contribution in [0, 0.1) is 6.92 Å². The van der Waals surface area contributed by atoms with Crippen molar-refractivity contribution in [3.8, 4) is 0 Å². The van der Waals surface area contributed by atoms with Crippen molar-refractivity contribution in [1.29, 1.82) is 0 Å². The van der Waals surface area contributed by atoms with Crippen molar-refractivity contribution in [2.45, 2.75) is 6.92 Å². The molecule has 24 heavy (non-hydrogen) atoms. The van der Waals surface area contributed by atoms with Crippen LogP contribution < -0.4 is 10.6 Å². The summed E-state index contributed by atoms with van der Waals surface area (Å²) in [7, 11) is 0. The Kier molecular flexibility index (Phi) is 4.69. The van der Waals surface area contributed by atoms with Gasteiger partial charge < -0.3 is 15.1 Å². The minimum absolute atomic E-state index is 0.209. The number of hydrogen-bond acceptors (Lipinski definition) is 4. The number of halogens is 1. The van der Waals surface area contributed by atoms with Gasteiger partial charge in [-0.05, 0) is 48.9 Å². The predicted octanol–water partition coefficient (Wildman–Crippen LogP) is 4.81. The van der Waals surface area contributed by atoms with Crippen molar-refractivity contribution in [3.63, 3.8) is 0 Å². The van der Waals surface area contributed by atoms with Crippen LogP contribution >= 0.6 is 22.9 Å². The second-order valence-corrected chi connectivity index (χ2v) is 6.52. The second kappa shape index (κ2) is 6.90. The number of hydrogen-bond donors (Lipinski definition) is 2. The van der Waals surface area contributed by atoms with E-state index in [2.05, 4.69) is 10.6 Å². The molecular formula is C17H13ClN2O3S. The monoisotopic (exact) mass is 360 g/mol. The number of furan rings is 1. The average molecular weight is 361 g/mol. The third kappa shape index (κ3) is 3.67.